The molecule has 4 rings (SSSR count). The van der Waals surface area contributed by atoms with E-state index in [0.29, 0.717) is 12.5 Å². The van der Waals surface area contributed by atoms with Crippen LogP contribution in [0.15, 0.2) is 48.8 Å². The van der Waals surface area contributed by atoms with Crippen molar-refractivity contribution in [1.82, 2.24) is 25.1 Å². The van der Waals surface area contributed by atoms with Crippen molar-refractivity contribution < 1.29 is 0 Å². The SMILES string of the molecule is Nc1nc2c(c(N[C@@H](Cn3cccn3)c3ccccc3)n1)CCNCC2. The molecular formula is C19H23N7. The van der Waals surface area contributed by atoms with Crippen LogP contribution in [0.2, 0.25) is 0 Å². The standard InChI is InChI=1S/C19H23N7/c20-19-24-16-8-11-21-10-7-15(16)18(25-19)23-17(13-26-12-4-9-22-26)14-5-2-1-3-6-14/h1-6,9,12,17,21H,7-8,10-11,13H2,(H3,20,23,24,25)/t17-/m0/s1. The lowest BCUT2D eigenvalue weighted by Gasteiger charge is -2.22. The van der Waals surface area contributed by atoms with Crippen LogP contribution >= 0.6 is 0 Å². The molecule has 4 N–H and O–H groups in total. The molecule has 0 bridgehead atoms. The summed E-state index contributed by atoms with van der Waals surface area (Å²) < 4.78 is 1.93. The average molecular weight is 349 g/mol. The van der Waals surface area contributed by atoms with Gasteiger partial charge in [0.15, 0.2) is 0 Å². The second-order valence-electron chi connectivity index (χ2n) is 6.44. The molecule has 2 aromatic heterocycles. The summed E-state index contributed by atoms with van der Waals surface area (Å²) >= 11 is 0. The molecule has 3 heterocycles. The van der Waals surface area contributed by atoms with E-state index in [0.717, 1.165) is 43.0 Å². The Bertz CT molecular complexity index is 846. The molecule has 134 valence electrons. The largest absolute Gasteiger partial charge is 0.368 e. The van der Waals surface area contributed by atoms with Gasteiger partial charge in [-0.2, -0.15) is 10.1 Å². The topological polar surface area (TPSA) is 93.7 Å². The molecule has 1 aliphatic heterocycles. The number of rotatable bonds is 5. The number of nitrogen functional groups attached to an aromatic ring is 1. The van der Waals surface area contributed by atoms with Crippen LogP contribution in [0.5, 0.6) is 0 Å². The van der Waals surface area contributed by atoms with E-state index in [1.165, 1.54) is 5.56 Å². The van der Waals surface area contributed by atoms with E-state index in [1.807, 2.05) is 35.1 Å². The summed E-state index contributed by atoms with van der Waals surface area (Å²) in [5.74, 6) is 1.15. The Kier molecular flexibility index (Phi) is 4.79. The van der Waals surface area contributed by atoms with Crippen LogP contribution in [0.25, 0.3) is 0 Å². The molecule has 1 aliphatic rings. The first kappa shape index (κ1) is 16.5. The normalized spacial score (nSPS) is 15.1. The summed E-state index contributed by atoms with van der Waals surface area (Å²) in [6.07, 6.45) is 5.52. The molecule has 26 heavy (non-hydrogen) atoms. The van der Waals surface area contributed by atoms with Crippen LogP contribution in [0.1, 0.15) is 22.9 Å². The van der Waals surface area contributed by atoms with Gasteiger partial charge in [0.25, 0.3) is 0 Å². The first-order valence-corrected chi connectivity index (χ1v) is 8.94. The van der Waals surface area contributed by atoms with E-state index in [2.05, 4.69) is 37.8 Å². The molecule has 1 atom stereocenters. The van der Waals surface area contributed by atoms with Crippen LogP contribution < -0.4 is 16.4 Å². The van der Waals surface area contributed by atoms with Gasteiger partial charge in [0.2, 0.25) is 5.95 Å². The molecule has 0 fully saturated rings. The van der Waals surface area contributed by atoms with Gasteiger partial charge in [0.05, 0.1) is 18.3 Å². The van der Waals surface area contributed by atoms with Gasteiger partial charge in [-0.15, -0.1) is 0 Å². The number of benzene rings is 1. The first-order valence-electron chi connectivity index (χ1n) is 8.94. The predicted molar refractivity (Wildman–Crippen MR) is 102 cm³/mol. The fourth-order valence-corrected chi connectivity index (χ4v) is 3.36. The second-order valence-corrected chi connectivity index (χ2v) is 6.44. The third-order valence-corrected chi connectivity index (χ3v) is 4.64. The van der Waals surface area contributed by atoms with Crippen LogP contribution in [0.4, 0.5) is 11.8 Å². The number of nitrogens with two attached hydrogens (primary N) is 1. The summed E-state index contributed by atoms with van der Waals surface area (Å²) in [7, 11) is 0. The number of fused-ring (bicyclic) bond motifs is 1. The minimum absolute atomic E-state index is 0.0331. The fraction of sp³-hybridized carbons (Fsp3) is 0.316. The zero-order chi connectivity index (χ0) is 17.8. The van der Waals surface area contributed by atoms with Crippen LogP contribution in [-0.2, 0) is 19.4 Å². The highest BCUT2D eigenvalue weighted by Crippen LogP contribution is 2.26. The lowest BCUT2D eigenvalue weighted by Crippen LogP contribution is -2.21. The Balaban J connectivity index is 1.68. The zero-order valence-electron chi connectivity index (χ0n) is 14.6. The molecular weight excluding hydrogens is 326 g/mol. The van der Waals surface area contributed by atoms with Gasteiger partial charge in [0.1, 0.15) is 5.82 Å². The quantitative estimate of drug-likeness (QED) is 0.650. The predicted octanol–water partition coefficient (Wildman–Crippen LogP) is 1.80. The number of nitrogens with zero attached hydrogens (tertiary/aromatic N) is 4. The molecule has 0 spiro atoms. The molecule has 1 aromatic carbocycles. The number of aromatic nitrogens is 4. The zero-order valence-corrected chi connectivity index (χ0v) is 14.6. The molecule has 0 aliphatic carbocycles. The van der Waals surface area contributed by atoms with E-state index in [-0.39, 0.29) is 6.04 Å². The van der Waals surface area contributed by atoms with Gasteiger partial charge >= 0.3 is 0 Å². The van der Waals surface area contributed by atoms with Gasteiger partial charge < -0.3 is 16.4 Å². The summed E-state index contributed by atoms with van der Waals surface area (Å²) in [4.78, 5) is 8.98. The number of hydrogen-bond donors (Lipinski definition) is 3. The fourth-order valence-electron chi connectivity index (χ4n) is 3.36. The first-order chi connectivity index (χ1) is 12.8. The molecule has 0 saturated heterocycles. The Labute approximate surface area is 152 Å². The Morgan fingerprint density at radius 1 is 1.12 bits per heavy atom. The highest BCUT2D eigenvalue weighted by atomic mass is 15.3. The van der Waals surface area contributed by atoms with Gasteiger partial charge in [0, 0.05) is 30.9 Å². The van der Waals surface area contributed by atoms with E-state index in [9.17, 15) is 0 Å². The van der Waals surface area contributed by atoms with Crippen molar-refractivity contribution in [3.63, 3.8) is 0 Å². The maximum absolute atomic E-state index is 5.98. The van der Waals surface area contributed by atoms with Crippen molar-refractivity contribution in [2.24, 2.45) is 0 Å². The van der Waals surface area contributed by atoms with Crippen LogP contribution in [0.3, 0.4) is 0 Å². The Morgan fingerprint density at radius 3 is 2.77 bits per heavy atom. The van der Waals surface area contributed by atoms with Crippen molar-refractivity contribution in [3.8, 4) is 0 Å². The summed E-state index contributed by atoms with van der Waals surface area (Å²) in [6.45, 7) is 2.54. The Hall–Kier alpha value is -2.93. The van der Waals surface area contributed by atoms with Crippen molar-refractivity contribution in [2.45, 2.75) is 25.4 Å². The average Bonchev–Trinajstić information content (AvgIpc) is 3.05. The number of hydrogen-bond acceptors (Lipinski definition) is 6. The van der Waals surface area contributed by atoms with Gasteiger partial charge in [-0.1, -0.05) is 30.3 Å². The third kappa shape index (κ3) is 3.67. The van der Waals surface area contributed by atoms with Crippen molar-refractivity contribution >= 4 is 11.8 Å². The van der Waals surface area contributed by atoms with E-state index < -0.39 is 0 Å². The molecule has 7 heteroatoms. The second kappa shape index (κ2) is 7.53. The van der Waals surface area contributed by atoms with E-state index in [1.54, 1.807) is 6.20 Å². The summed E-state index contributed by atoms with van der Waals surface area (Å²) in [5, 5.41) is 11.4. The maximum atomic E-state index is 5.98. The van der Waals surface area contributed by atoms with Gasteiger partial charge in [-0.05, 0) is 24.6 Å². The smallest absolute Gasteiger partial charge is 0.222 e. The van der Waals surface area contributed by atoms with E-state index in [4.69, 9.17) is 5.73 Å². The van der Waals surface area contributed by atoms with E-state index >= 15 is 0 Å². The molecule has 0 radical (unpaired) electrons. The minimum Gasteiger partial charge on any atom is -0.368 e. The summed E-state index contributed by atoms with van der Waals surface area (Å²) in [6, 6.07) is 12.3. The van der Waals surface area contributed by atoms with Crippen LogP contribution in [0, 0.1) is 0 Å². The molecule has 0 saturated carbocycles. The third-order valence-electron chi connectivity index (χ3n) is 4.64. The van der Waals surface area contributed by atoms with Crippen LogP contribution in [-0.4, -0.2) is 32.8 Å². The lowest BCUT2D eigenvalue weighted by molar-refractivity contribution is 0.549. The Morgan fingerprint density at radius 2 is 1.96 bits per heavy atom. The number of anilines is 2. The van der Waals surface area contributed by atoms with Gasteiger partial charge in [-0.3, -0.25) is 4.68 Å². The summed E-state index contributed by atoms with van der Waals surface area (Å²) in [5.41, 5.74) is 9.36. The molecule has 7 nitrogen and oxygen atoms in total. The van der Waals surface area contributed by atoms with Gasteiger partial charge in [-0.25, -0.2) is 4.98 Å². The van der Waals surface area contributed by atoms with Crippen molar-refractivity contribution in [2.75, 3.05) is 24.1 Å². The van der Waals surface area contributed by atoms with Crippen molar-refractivity contribution in [3.05, 3.63) is 65.6 Å². The minimum atomic E-state index is 0.0331. The highest BCUT2D eigenvalue weighted by Gasteiger charge is 2.20. The number of nitrogens with one attached hydrogen (secondary N) is 2. The van der Waals surface area contributed by atoms with Crippen molar-refractivity contribution in [1.29, 1.82) is 0 Å². The highest BCUT2D eigenvalue weighted by molar-refractivity contribution is 5.52. The monoisotopic (exact) mass is 349 g/mol. The molecule has 0 unspecified atom stereocenters. The lowest BCUT2D eigenvalue weighted by atomic mass is 10.1. The maximum Gasteiger partial charge on any atom is 0.222 e. The molecule has 0 amide bonds. The molecule has 3 aromatic rings.